The van der Waals surface area contributed by atoms with Gasteiger partial charge in [0.05, 0.1) is 6.61 Å². The van der Waals surface area contributed by atoms with Crippen LogP contribution in [0.4, 0.5) is 0 Å². The second-order valence-electron chi connectivity index (χ2n) is 8.13. The van der Waals surface area contributed by atoms with Crippen molar-refractivity contribution in [3.63, 3.8) is 0 Å². The molecule has 0 N–H and O–H groups in total. The summed E-state index contributed by atoms with van der Waals surface area (Å²) in [7, 11) is 1.65. The Kier molecular flexibility index (Phi) is 9.78. The minimum atomic E-state index is -0.894. The second kappa shape index (κ2) is 12.8. The van der Waals surface area contributed by atoms with Gasteiger partial charge in [-0.25, -0.2) is 4.79 Å². The summed E-state index contributed by atoms with van der Waals surface area (Å²) in [5, 5.41) is 0. The smallest absolute Gasteiger partial charge is 0.491 e. The summed E-state index contributed by atoms with van der Waals surface area (Å²) < 4.78 is 22.4. The molecule has 9 heteroatoms. The molecule has 0 atom stereocenters. The van der Waals surface area contributed by atoms with Crippen molar-refractivity contribution in [3.05, 3.63) is 104 Å². The molecule has 3 aromatic carbocycles. The average Bonchev–Trinajstić information content (AvgIpc) is 3.16. The predicted octanol–water partition coefficient (Wildman–Crippen LogP) is 0.699. The Labute approximate surface area is 231 Å². The standard InChI is InChI=1S/C27H28N2O6.Na/c1-18-15-23(33-14-13-32-3)11-12-24(18)25-6-4-5-21(19(25)2)17-34-22-9-7-20(8-10-22)16-29-26(30)28-27(31)35-29;/h4-12,15H,13-14,16-17H2,1-3H3,(H,28,30,31);/q;+1/p-1. The van der Waals surface area contributed by atoms with Crippen LogP contribution in [0, 0.1) is 13.8 Å². The van der Waals surface area contributed by atoms with Crippen LogP contribution in [0.1, 0.15) is 22.3 Å². The van der Waals surface area contributed by atoms with Crippen LogP contribution in [0.2, 0.25) is 0 Å². The Bertz CT molecular complexity index is 1410. The van der Waals surface area contributed by atoms with Crippen molar-refractivity contribution < 1.29 is 48.3 Å². The van der Waals surface area contributed by atoms with Gasteiger partial charge in [0.1, 0.15) is 24.7 Å². The number of methoxy groups -OCH3 is 1. The van der Waals surface area contributed by atoms with Gasteiger partial charge in [-0.15, -0.1) is 0 Å². The number of hydrogen-bond acceptors (Lipinski definition) is 6. The molecule has 0 amide bonds. The first-order valence-electron chi connectivity index (χ1n) is 11.2. The molecule has 182 valence electrons. The maximum absolute atomic E-state index is 11.5. The molecular formula is C27H27N2NaO6. The minimum absolute atomic E-state index is 0. The van der Waals surface area contributed by atoms with Gasteiger partial charge in [0.15, 0.2) is 5.69 Å². The van der Waals surface area contributed by atoms with Crippen molar-refractivity contribution in [1.82, 2.24) is 9.72 Å². The molecule has 4 rings (SSSR count). The Balaban J connectivity index is 0.00000361. The first-order valence-corrected chi connectivity index (χ1v) is 11.2. The van der Waals surface area contributed by atoms with E-state index in [2.05, 4.69) is 37.0 Å². The van der Waals surface area contributed by atoms with Crippen LogP contribution in [0.5, 0.6) is 11.5 Å². The van der Waals surface area contributed by atoms with Crippen molar-refractivity contribution in [1.29, 1.82) is 0 Å². The van der Waals surface area contributed by atoms with Crippen LogP contribution in [-0.2, 0) is 17.9 Å². The molecule has 0 aliphatic heterocycles. The number of nitrogens with zero attached hydrogens (tertiary/aromatic N) is 2. The van der Waals surface area contributed by atoms with Gasteiger partial charge in [-0.2, -0.15) is 0 Å². The van der Waals surface area contributed by atoms with E-state index < -0.39 is 11.4 Å². The second-order valence-corrected chi connectivity index (χ2v) is 8.13. The number of aryl methyl sites for hydroxylation is 1. The van der Waals surface area contributed by atoms with Crippen LogP contribution in [0.25, 0.3) is 11.1 Å². The summed E-state index contributed by atoms with van der Waals surface area (Å²) in [4.78, 5) is 25.8. The Morgan fingerprint density at radius 2 is 1.64 bits per heavy atom. The third-order valence-electron chi connectivity index (χ3n) is 5.72. The Morgan fingerprint density at radius 1 is 0.889 bits per heavy atom. The van der Waals surface area contributed by atoms with Crippen molar-refractivity contribution in [2.75, 3.05) is 20.3 Å². The molecule has 0 saturated heterocycles. The molecule has 36 heavy (non-hydrogen) atoms. The van der Waals surface area contributed by atoms with Gasteiger partial charge in [0.25, 0.3) is 0 Å². The summed E-state index contributed by atoms with van der Waals surface area (Å²) in [6, 6.07) is 19.6. The first-order chi connectivity index (χ1) is 16.9. The van der Waals surface area contributed by atoms with Crippen molar-refractivity contribution in [2.45, 2.75) is 27.0 Å². The summed E-state index contributed by atoms with van der Waals surface area (Å²) >= 11 is 0. The van der Waals surface area contributed by atoms with Crippen molar-refractivity contribution >= 4 is 0 Å². The maximum Gasteiger partial charge on any atom is 1.00 e. The predicted molar refractivity (Wildman–Crippen MR) is 131 cm³/mol. The van der Waals surface area contributed by atoms with Crippen LogP contribution in [0.15, 0.2) is 74.8 Å². The molecule has 1 heterocycles. The van der Waals surface area contributed by atoms with E-state index in [1.807, 2.05) is 42.5 Å². The minimum Gasteiger partial charge on any atom is -0.491 e. The first kappa shape index (κ1) is 27.5. The molecule has 1 aromatic heterocycles. The van der Waals surface area contributed by atoms with E-state index in [0.717, 1.165) is 43.9 Å². The van der Waals surface area contributed by atoms with Gasteiger partial charge < -0.3 is 23.7 Å². The molecule has 8 nitrogen and oxygen atoms in total. The normalized spacial score (nSPS) is 10.6. The zero-order valence-corrected chi connectivity index (χ0v) is 22.9. The number of ether oxygens (including phenoxy) is 3. The van der Waals surface area contributed by atoms with Crippen molar-refractivity contribution in [3.8, 4) is 22.6 Å². The van der Waals surface area contributed by atoms with E-state index in [-0.39, 0.29) is 36.1 Å². The van der Waals surface area contributed by atoms with E-state index in [9.17, 15) is 9.59 Å². The molecule has 0 aliphatic rings. The molecule has 0 radical (unpaired) electrons. The third-order valence-corrected chi connectivity index (χ3v) is 5.72. The summed E-state index contributed by atoms with van der Waals surface area (Å²) in [5.74, 6) is 0.626. The number of rotatable bonds is 10. The van der Waals surface area contributed by atoms with Gasteiger partial charge in [0, 0.05) is 13.7 Å². The fourth-order valence-electron chi connectivity index (χ4n) is 3.81. The molecule has 4 aromatic rings. The largest absolute Gasteiger partial charge is 1.00 e. The average molecular weight is 499 g/mol. The van der Waals surface area contributed by atoms with Crippen molar-refractivity contribution in [2.24, 2.45) is 0 Å². The summed E-state index contributed by atoms with van der Waals surface area (Å²) in [5.41, 5.74) is 5.76. The summed E-state index contributed by atoms with van der Waals surface area (Å²) in [6.45, 7) is 5.78. The van der Waals surface area contributed by atoms with Gasteiger partial charge in [-0.05, 0) is 71.5 Å². The van der Waals surface area contributed by atoms with Crippen LogP contribution < -0.4 is 55.5 Å². The fourth-order valence-corrected chi connectivity index (χ4v) is 3.81. The molecule has 0 spiro atoms. The number of benzene rings is 3. The van der Waals surface area contributed by atoms with E-state index in [4.69, 9.17) is 18.7 Å². The molecule has 0 fully saturated rings. The van der Waals surface area contributed by atoms with Gasteiger partial charge in [-0.1, -0.05) is 36.4 Å². The van der Waals surface area contributed by atoms with E-state index in [0.29, 0.717) is 25.6 Å². The van der Waals surface area contributed by atoms with Crippen LogP contribution >= 0.6 is 0 Å². The molecular weight excluding hydrogens is 471 g/mol. The van der Waals surface area contributed by atoms with E-state index in [1.165, 1.54) is 0 Å². The third kappa shape index (κ3) is 6.79. The zero-order valence-electron chi connectivity index (χ0n) is 20.9. The SMILES string of the molecule is COCCOc1ccc(-c2cccc(COc3ccc(Cn4oc(=O)[n-]c4=O)cc3)c2C)c(C)c1.[Na+]. The zero-order chi connectivity index (χ0) is 24.8. The quantitative estimate of drug-likeness (QED) is 0.235. The Hall–Kier alpha value is -3.04. The fraction of sp³-hybridized carbons (Fsp3) is 0.259. The molecule has 0 bridgehead atoms. The van der Waals surface area contributed by atoms with Crippen LogP contribution in [0.3, 0.4) is 0 Å². The van der Waals surface area contributed by atoms with Gasteiger partial charge in [-0.3, -0.25) is 9.53 Å². The topological polar surface area (TPSA) is 94.0 Å². The summed E-state index contributed by atoms with van der Waals surface area (Å²) in [6.07, 6.45) is 0. The van der Waals surface area contributed by atoms with Crippen LogP contribution in [-0.4, -0.2) is 25.1 Å². The molecule has 0 aliphatic carbocycles. The van der Waals surface area contributed by atoms with E-state index in [1.54, 1.807) is 7.11 Å². The number of aromatic nitrogens is 2. The maximum atomic E-state index is 11.5. The molecule has 0 unspecified atom stereocenters. The van der Waals surface area contributed by atoms with Gasteiger partial charge in [0.2, 0.25) is 0 Å². The van der Waals surface area contributed by atoms with E-state index >= 15 is 0 Å². The number of hydrogen-bond donors (Lipinski definition) is 0. The Morgan fingerprint density at radius 3 is 2.31 bits per heavy atom. The monoisotopic (exact) mass is 498 g/mol. The molecule has 0 saturated carbocycles. The van der Waals surface area contributed by atoms with Gasteiger partial charge >= 0.3 is 35.3 Å².